The molecule has 10 nitrogen and oxygen atoms in total. The summed E-state index contributed by atoms with van der Waals surface area (Å²) < 4.78 is 38.9. The standard InChI is InChI=1S/C23H29ClN4O6S.Na.H/c1-33-23(30)17-4-6-19(7-5-17)35(31,32)27-10-8-18(9-11-27)28-22(29)21(24)20(14-26-28)25-13-16-3-2-12-34-15-16;;/h4-7,14,16,18,25H,2-3,8-13,15H2,1H3;;/q;+1;-1/t16-;;/m1../s1. The maximum Gasteiger partial charge on any atom is 1.00 e. The minimum Gasteiger partial charge on any atom is -1.00 e. The minimum atomic E-state index is -3.73. The van der Waals surface area contributed by atoms with Gasteiger partial charge in [0.1, 0.15) is 5.02 Å². The minimum absolute atomic E-state index is 0. The average molecular weight is 549 g/mol. The number of rotatable bonds is 7. The van der Waals surface area contributed by atoms with E-state index in [1.165, 1.54) is 40.4 Å². The molecule has 1 N–H and O–H groups in total. The van der Waals surface area contributed by atoms with Crippen molar-refractivity contribution < 1.29 is 53.7 Å². The van der Waals surface area contributed by atoms with Gasteiger partial charge in [-0.25, -0.2) is 17.9 Å². The fraction of sp³-hybridized carbons (Fsp3) is 0.522. The molecule has 1 aromatic carbocycles. The molecule has 0 radical (unpaired) electrons. The van der Waals surface area contributed by atoms with Gasteiger partial charge in [0, 0.05) is 26.2 Å². The van der Waals surface area contributed by atoms with Crippen molar-refractivity contribution in [3.63, 3.8) is 0 Å². The van der Waals surface area contributed by atoms with Gasteiger partial charge in [-0.15, -0.1) is 0 Å². The molecule has 0 saturated carbocycles. The second-order valence-electron chi connectivity index (χ2n) is 8.74. The zero-order chi connectivity index (χ0) is 25.0. The van der Waals surface area contributed by atoms with Crippen molar-refractivity contribution in [2.24, 2.45) is 5.92 Å². The van der Waals surface area contributed by atoms with Crippen LogP contribution in [-0.2, 0) is 19.5 Å². The van der Waals surface area contributed by atoms with E-state index in [1.807, 2.05) is 0 Å². The zero-order valence-corrected chi connectivity index (χ0v) is 24.1. The van der Waals surface area contributed by atoms with Crippen LogP contribution in [0.2, 0.25) is 5.02 Å². The number of piperidine rings is 1. The van der Waals surface area contributed by atoms with Crippen LogP contribution in [0, 0.1) is 5.92 Å². The topological polar surface area (TPSA) is 120 Å². The number of sulfonamides is 1. The average Bonchev–Trinajstić information content (AvgIpc) is 2.90. The van der Waals surface area contributed by atoms with E-state index in [1.54, 1.807) is 6.20 Å². The van der Waals surface area contributed by atoms with Crippen molar-refractivity contribution in [2.45, 2.75) is 36.6 Å². The van der Waals surface area contributed by atoms with Gasteiger partial charge in [0.2, 0.25) is 10.0 Å². The van der Waals surface area contributed by atoms with Crippen LogP contribution in [0.5, 0.6) is 0 Å². The van der Waals surface area contributed by atoms with E-state index in [2.05, 4.69) is 15.2 Å². The number of aromatic nitrogens is 2. The van der Waals surface area contributed by atoms with Crippen LogP contribution >= 0.6 is 11.6 Å². The fourth-order valence-corrected chi connectivity index (χ4v) is 6.08. The number of ether oxygens (including phenoxy) is 2. The van der Waals surface area contributed by atoms with Crippen LogP contribution in [-0.4, -0.2) is 68.4 Å². The molecule has 0 amide bonds. The summed E-state index contributed by atoms with van der Waals surface area (Å²) in [6, 6.07) is 5.38. The first-order valence-electron chi connectivity index (χ1n) is 11.6. The molecule has 2 saturated heterocycles. The second-order valence-corrected chi connectivity index (χ2v) is 11.1. The van der Waals surface area contributed by atoms with E-state index in [0.29, 0.717) is 37.6 Å². The van der Waals surface area contributed by atoms with Gasteiger partial charge in [-0.1, -0.05) is 11.6 Å². The van der Waals surface area contributed by atoms with E-state index < -0.39 is 21.6 Å². The van der Waals surface area contributed by atoms with Crippen molar-refractivity contribution in [2.75, 3.05) is 45.3 Å². The van der Waals surface area contributed by atoms with Gasteiger partial charge in [0.25, 0.3) is 5.56 Å². The molecule has 13 heteroatoms. The van der Waals surface area contributed by atoms with Crippen molar-refractivity contribution in [1.82, 2.24) is 14.1 Å². The van der Waals surface area contributed by atoms with Gasteiger partial charge >= 0.3 is 35.5 Å². The number of carbonyl (C=O) groups excluding carboxylic acids is 1. The van der Waals surface area contributed by atoms with E-state index in [0.717, 1.165) is 19.4 Å². The Morgan fingerprint density at radius 2 is 1.94 bits per heavy atom. The normalized spacial score (nSPS) is 19.3. The van der Waals surface area contributed by atoms with Gasteiger partial charge in [0.15, 0.2) is 0 Å². The van der Waals surface area contributed by atoms with Crippen molar-refractivity contribution >= 4 is 33.3 Å². The van der Waals surface area contributed by atoms with Crippen molar-refractivity contribution in [3.05, 3.63) is 51.4 Å². The molecule has 2 aromatic rings. The van der Waals surface area contributed by atoms with Crippen LogP contribution in [0.3, 0.4) is 0 Å². The fourth-order valence-electron chi connectivity index (χ4n) is 4.41. The van der Waals surface area contributed by atoms with Crippen LogP contribution in [0.25, 0.3) is 0 Å². The number of hydrogen-bond acceptors (Lipinski definition) is 8. The third-order valence-corrected chi connectivity index (χ3v) is 8.74. The van der Waals surface area contributed by atoms with E-state index in [9.17, 15) is 18.0 Å². The van der Waals surface area contributed by atoms with Crippen LogP contribution in [0.4, 0.5) is 5.69 Å². The summed E-state index contributed by atoms with van der Waals surface area (Å²) >= 11 is 6.36. The monoisotopic (exact) mass is 548 g/mol. The molecule has 0 spiro atoms. The van der Waals surface area contributed by atoms with Crippen molar-refractivity contribution in [3.8, 4) is 0 Å². The maximum atomic E-state index is 13.0. The van der Waals surface area contributed by atoms with E-state index in [4.69, 9.17) is 16.3 Å². The Bertz CT molecular complexity index is 1220. The number of nitrogens with zero attached hydrogens (tertiary/aromatic N) is 3. The molecule has 2 fully saturated rings. The summed E-state index contributed by atoms with van der Waals surface area (Å²) in [6.07, 6.45) is 4.49. The molecule has 2 aliphatic heterocycles. The van der Waals surface area contributed by atoms with Crippen molar-refractivity contribution in [1.29, 1.82) is 0 Å². The Morgan fingerprint density at radius 1 is 1.25 bits per heavy atom. The Balaban J connectivity index is 0.00000241. The zero-order valence-electron chi connectivity index (χ0n) is 21.5. The SMILES string of the molecule is COC(=O)c1ccc(S(=O)(=O)N2CCC(n3ncc(NC[C@H]4CCCOC4)c(Cl)c3=O)CC2)cc1.[H-].[Na+]. The smallest absolute Gasteiger partial charge is 1.00 e. The number of hydrogen-bond donors (Lipinski definition) is 1. The molecule has 4 rings (SSSR count). The number of halogens is 1. The Hall–Kier alpha value is -1.47. The molecule has 192 valence electrons. The molecule has 2 aliphatic rings. The van der Waals surface area contributed by atoms with Crippen LogP contribution < -0.4 is 40.4 Å². The number of nitrogens with one attached hydrogen (secondary N) is 1. The molecule has 0 bridgehead atoms. The first-order valence-corrected chi connectivity index (χ1v) is 13.4. The van der Waals surface area contributed by atoms with Gasteiger partial charge < -0.3 is 16.2 Å². The Labute approximate surface area is 239 Å². The molecular weight excluding hydrogens is 519 g/mol. The number of benzene rings is 1. The van der Waals surface area contributed by atoms with Gasteiger partial charge in [0.05, 0.1) is 42.1 Å². The Kier molecular flexibility index (Phi) is 10.4. The molecule has 3 heterocycles. The molecule has 0 unspecified atom stereocenters. The number of methoxy groups -OCH3 is 1. The summed E-state index contributed by atoms with van der Waals surface area (Å²) in [6.45, 7) is 2.60. The largest absolute Gasteiger partial charge is 1.00 e. The quantitative estimate of drug-likeness (QED) is 0.369. The summed E-state index contributed by atoms with van der Waals surface area (Å²) in [4.78, 5) is 24.6. The first kappa shape index (κ1) is 29.1. The van der Waals surface area contributed by atoms with Gasteiger partial charge in [-0.3, -0.25) is 4.79 Å². The molecule has 1 aromatic heterocycles. The summed E-state index contributed by atoms with van der Waals surface area (Å²) in [5.74, 6) is -0.166. The van der Waals surface area contributed by atoms with Crippen LogP contribution in [0.15, 0.2) is 40.2 Å². The summed E-state index contributed by atoms with van der Waals surface area (Å²) in [5, 5.41) is 7.61. The summed E-state index contributed by atoms with van der Waals surface area (Å²) in [5.41, 5.74) is 0.377. The third kappa shape index (κ3) is 6.50. The van der Waals surface area contributed by atoms with Gasteiger partial charge in [-0.2, -0.15) is 9.40 Å². The van der Waals surface area contributed by atoms with E-state index in [-0.39, 0.29) is 65.6 Å². The molecular formula is C23H30ClN4NaO6S. The third-order valence-electron chi connectivity index (χ3n) is 6.46. The number of esters is 1. The molecule has 1 atom stereocenters. The molecule has 36 heavy (non-hydrogen) atoms. The predicted octanol–water partition coefficient (Wildman–Crippen LogP) is -0.336. The first-order chi connectivity index (χ1) is 16.8. The van der Waals surface area contributed by atoms with Crippen LogP contribution in [0.1, 0.15) is 43.5 Å². The Morgan fingerprint density at radius 3 is 2.56 bits per heavy atom. The number of anilines is 1. The predicted molar refractivity (Wildman–Crippen MR) is 131 cm³/mol. The van der Waals surface area contributed by atoms with E-state index >= 15 is 0 Å². The second kappa shape index (κ2) is 12.9. The van der Waals surface area contributed by atoms with Gasteiger partial charge in [-0.05, 0) is 55.9 Å². The number of carbonyl (C=O) groups is 1. The maximum absolute atomic E-state index is 13.0. The summed E-state index contributed by atoms with van der Waals surface area (Å²) in [7, 11) is -2.47. The molecule has 0 aliphatic carbocycles.